The van der Waals surface area contributed by atoms with Gasteiger partial charge in [-0.1, -0.05) is 60.1 Å². The molecule has 0 saturated heterocycles. The summed E-state index contributed by atoms with van der Waals surface area (Å²) in [6.45, 7) is 0. The second kappa shape index (κ2) is 8.39. The van der Waals surface area contributed by atoms with Gasteiger partial charge in [-0.3, -0.25) is 9.59 Å². The summed E-state index contributed by atoms with van der Waals surface area (Å²) in [5.74, 6) is -0.610. The minimum atomic E-state index is -1.14. The normalized spacial score (nSPS) is 15.3. The molecule has 0 aliphatic carbocycles. The van der Waals surface area contributed by atoms with Crippen LogP contribution in [0.5, 0.6) is 5.75 Å². The van der Waals surface area contributed by atoms with Crippen LogP contribution < -0.4 is 15.4 Å². The maximum atomic E-state index is 12.9. The lowest BCUT2D eigenvalue weighted by Gasteiger charge is -2.15. The third-order valence-electron chi connectivity index (χ3n) is 4.67. The number of fused-ring (bicyclic) bond motifs is 1. The second-order valence-corrected chi connectivity index (χ2v) is 7.04. The van der Waals surface area contributed by atoms with Crippen LogP contribution in [0.4, 0.5) is 5.69 Å². The standard InChI is InChI=1S/C23H18ClN3O3/c1-30-19-12-11-15(24)13-17(19)22(28)27-21-23(29)25-18-10-6-5-9-16(18)20(26-21)14-7-3-2-4-8-14/h2-13,21H,1H3,(H,25,29)(H,27,28). The Morgan fingerprint density at radius 1 is 1.07 bits per heavy atom. The van der Waals surface area contributed by atoms with Crippen molar-refractivity contribution in [3.63, 3.8) is 0 Å². The largest absolute Gasteiger partial charge is 0.496 e. The summed E-state index contributed by atoms with van der Waals surface area (Å²) in [5, 5.41) is 5.91. The Morgan fingerprint density at radius 2 is 1.80 bits per heavy atom. The summed E-state index contributed by atoms with van der Waals surface area (Å²) in [6.07, 6.45) is -1.14. The number of nitrogens with zero attached hydrogens (tertiary/aromatic N) is 1. The molecule has 1 aliphatic rings. The minimum absolute atomic E-state index is 0.219. The number of carbonyl (C=O) groups is 2. The third kappa shape index (κ3) is 3.90. The molecule has 0 fully saturated rings. The molecule has 6 nitrogen and oxygen atoms in total. The lowest BCUT2D eigenvalue weighted by Crippen LogP contribution is -2.42. The number of benzene rings is 3. The predicted octanol–water partition coefficient (Wildman–Crippen LogP) is 3.89. The second-order valence-electron chi connectivity index (χ2n) is 6.60. The van der Waals surface area contributed by atoms with Crippen molar-refractivity contribution < 1.29 is 14.3 Å². The van der Waals surface area contributed by atoms with Crippen LogP contribution in [0.1, 0.15) is 21.5 Å². The van der Waals surface area contributed by atoms with E-state index in [0.29, 0.717) is 22.2 Å². The van der Waals surface area contributed by atoms with Crippen LogP contribution in [0, 0.1) is 0 Å². The van der Waals surface area contributed by atoms with Gasteiger partial charge >= 0.3 is 0 Å². The van der Waals surface area contributed by atoms with Crippen molar-refractivity contribution in [1.82, 2.24) is 5.32 Å². The molecule has 1 unspecified atom stereocenters. The molecule has 0 bridgehead atoms. The Morgan fingerprint density at radius 3 is 2.57 bits per heavy atom. The average molecular weight is 420 g/mol. The van der Waals surface area contributed by atoms with Crippen LogP contribution in [0.25, 0.3) is 0 Å². The number of nitrogens with one attached hydrogen (secondary N) is 2. The van der Waals surface area contributed by atoms with E-state index >= 15 is 0 Å². The van der Waals surface area contributed by atoms with Crippen LogP contribution in [-0.4, -0.2) is 30.8 Å². The van der Waals surface area contributed by atoms with E-state index in [1.807, 2.05) is 48.5 Å². The number of hydrogen-bond acceptors (Lipinski definition) is 4. The van der Waals surface area contributed by atoms with E-state index in [1.54, 1.807) is 18.2 Å². The van der Waals surface area contributed by atoms with Gasteiger partial charge in [0.2, 0.25) is 6.17 Å². The van der Waals surface area contributed by atoms with Crippen LogP contribution in [-0.2, 0) is 4.79 Å². The van der Waals surface area contributed by atoms with E-state index in [1.165, 1.54) is 13.2 Å². The zero-order valence-electron chi connectivity index (χ0n) is 16.1. The Kier molecular flexibility index (Phi) is 5.50. The molecule has 7 heteroatoms. The molecule has 2 amide bonds. The summed E-state index contributed by atoms with van der Waals surface area (Å²) >= 11 is 6.04. The van der Waals surface area contributed by atoms with Crippen molar-refractivity contribution in [2.45, 2.75) is 6.17 Å². The number of benzodiazepines with no additional fused rings is 1. The van der Waals surface area contributed by atoms with Gasteiger partial charge in [-0.05, 0) is 24.3 Å². The molecule has 1 aliphatic heterocycles. The fourth-order valence-electron chi connectivity index (χ4n) is 3.24. The van der Waals surface area contributed by atoms with Gasteiger partial charge < -0.3 is 15.4 Å². The maximum Gasteiger partial charge on any atom is 0.269 e. The average Bonchev–Trinajstić information content (AvgIpc) is 2.90. The molecule has 30 heavy (non-hydrogen) atoms. The Labute approximate surface area is 178 Å². The first-order chi connectivity index (χ1) is 14.6. The molecule has 1 heterocycles. The van der Waals surface area contributed by atoms with Crippen LogP contribution in [0.15, 0.2) is 77.8 Å². The number of carbonyl (C=O) groups excluding carboxylic acids is 2. The van der Waals surface area contributed by atoms with Gasteiger partial charge in [-0.2, -0.15) is 0 Å². The van der Waals surface area contributed by atoms with E-state index in [0.717, 1.165) is 11.1 Å². The number of para-hydroxylation sites is 1. The highest BCUT2D eigenvalue weighted by atomic mass is 35.5. The highest BCUT2D eigenvalue weighted by Crippen LogP contribution is 2.25. The number of amides is 2. The highest BCUT2D eigenvalue weighted by Gasteiger charge is 2.28. The summed E-state index contributed by atoms with van der Waals surface area (Å²) in [7, 11) is 1.46. The zero-order chi connectivity index (χ0) is 21.1. The molecule has 3 aromatic carbocycles. The fourth-order valence-corrected chi connectivity index (χ4v) is 3.41. The molecular formula is C23H18ClN3O3. The molecule has 2 N–H and O–H groups in total. The molecular weight excluding hydrogens is 402 g/mol. The van der Waals surface area contributed by atoms with E-state index < -0.39 is 18.0 Å². The maximum absolute atomic E-state index is 12.9. The van der Waals surface area contributed by atoms with Gasteiger partial charge in [-0.15, -0.1) is 0 Å². The van der Waals surface area contributed by atoms with Crippen molar-refractivity contribution >= 4 is 34.8 Å². The van der Waals surface area contributed by atoms with Crippen molar-refractivity contribution in [1.29, 1.82) is 0 Å². The number of ether oxygens (including phenoxy) is 1. The van der Waals surface area contributed by atoms with Crippen molar-refractivity contribution in [3.8, 4) is 5.75 Å². The predicted molar refractivity (Wildman–Crippen MR) is 116 cm³/mol. The Hall–Kier alpha value is -3.64. The molecule has 0 radical (unpaired) electrons. The molecule has 0 aromatic heterocycles. The first-order valence-electron chi connectivity index (χ1n) is 9.24. The van der Waals surface area contributed by atoms with E-state index in [9.17, 15) is 9.59 Å². The van der Waals surface area contributed by atoms with E-state index in [2.05, 4.69) is 15.6 Å². The van der Waals surface area contributed by atoms with Crippen molar-refractivity contribution in [3.05, 3.63) is 94.5 Å². The van der Waals surface area contributed by atoms with Gasteiger partial charge in [0.05, 0.1) is 24.1 Å². The fraction of sp³-hybridized carbons (Fsp3) is 0.0870. The smallest absolute Gasteiger partial charge is 0.269 e. The van der Waals surface area contributed by atoms with Crippen molar-refractivity contribution in [2.24, 2.45) is 4.99 Å². The summed E-state index contributed by atoms with van der Waals surface area (Å²) in [4.78, 5) is 30.4. The van der Waals surface area contributed by atoms with Gasteiger partial charge in [0.25, 0.3) is 11.8 Å². The molecule has 1 atom stereocenters. The molecule has 0 saturated carbocycles. The third-order valence-corrected chi connectivity index (χ3v) is 4.90. The zero-order valence-corrected chi connectivity index (χ0v) is 16.8. The number of rotatable bonds is 4. The monoisotopic (exact) mass is 419 g/mol. The molecule has 4 rings (SSSR count). The van der Waals surface area contributed by atoms with Gasteiger partial charge in [-0.25, -0.2) is 4.99 Å². The SMILES string of the molecule is COc1ccc(Cl)cc1C(=O)NC1N=C(c2ccccc2)c2ccccc2NC1=O. The van der Waals surface area contributed by atoms with Crippen LogP contribution in [0.3, 0.4) is 0 Å². The van der Waals surface area contributed by atoms with Crippen LogP contribution >= 0.6 is 11.6 Å². The number of hydrogen-bond donors (Lipinski definition) is 2. The molecule has 150 valence electrons. The minimum Gasteiger partial charge on any atom is -0.496 e. The quantitative estimate of drug-likeness (QED) is 0.673. The molecule has 3 aromatic rings. The van der Waals surface area contributed by atoms with Gasteiger partial charge in [0.1, 0.15) is 5.75 Å². The Balaban J connectivity index is 1.74. The number of methoxy groups -OCH3 is 1. The lowest BCUT2D eigenvalue weighted by atomic mass is 10.0. The van der Waals surface area contributed by atoms with E-state index in [4.69, 9.17) is 16.3 Å². The topological polar surface area (TPSA) is 79.8 Å². The summed E-state index contributed by atoms with van der Waals surface area (Å²) in [5.41, 5.74) is 3.06. The lowest BCUT2D eigenvalue weighted by molar-refractivity contribution is -0.117. The summed E-state index contributed by atoms with van der Waals surface area (Å²) < 4.78 is 5.25. The first-order valence-corrected chi connectivity index (χ1v) is 9.62. The summed E-state index contributed by atoms with van der Waals surface area (Å²) in [6, 6.07) is 21.6. The molecule has 0 spiro atoms. The van der Waals surface area contributed by atoms with Gasteiger partial charge in [0.15, 0.2) is 0 Å². The first kappa shape index (κ1) is 19.7. The number of aliphatic imine (C=N–C) groups is 1. The highest BCUT2D eigenvalue weighted by molar-refractivity contribution is 6.31. The number of halogens is 1. The van der Waals surface area contributed by atoms with E-state index in [-0.39, 0.29) is 5.56 Å². The Bertz CT molecular complexity index is 1150. The van der Waals surface area contributed by atoms with Crippen molar-refractivity contribution in [2.75, 3.05) is 12.4 Å². The van der Waals surface area contributed by atoms with Gasteiger partial charge in [0, 0.05) is 16.1 Å². The van der Waals surface area contributed by atoms with Crippen LogP contribution in [0.2, 0.25) is 5.02 Å². The number of anilines is 1.